The van der Waals surface area contributed by atoms with E-state index < -0.39 is 0 Å². The first-order chi connectivity index (χ1) is 7.70. The average Bonchev–Trinajstić information content (AvgIpc) is 2.97. The summed E-state index contributed by atoms with van der Waals surface area (Å²) in [5, 5.41) is 3.91. The number of hydrogen-bond donors (Lipinski definition) is 1. The maximum absolute atomic E-state index is 3.91. The molecule has 4 unspecified atom stereocenters. The third-order valence-corrected chi connectivity index (χ3v) is 4.69. The number of rotatable bonds is 5. The molecule has 0 aromatic rings. The highest BCUT2D eigenvalue weighted by atomic mass is 15.0. The van der Waals surface area contributed by atoms with Crippen LogP contribution >= 0.6 is 0 Å². The van der Waals surface area contributed by atoms with Crippen molar-refractivity contribution in [2.45, 2.75) is 77.8 Å². The summed E-state index contributed by atoms with van der Waals surface area (Å²) >= 11 is 0. The van der Waals surface area contributed by atoms with Gasteiger partial charge in [-0.05, 0) is 43.4 Å². The zero-order chi connectivity index (χ0) is 11.5. The van der Waals surface area contributed by atoms with E-state index in [1.807, 2.05) is 0 Å². The fourth-order valence-electron chi connectivity index (χ4n) is 3.43. The number of hydrogen-bond acceptors (Lipinski definition) is 1. The van der Waals surface area contributed by atoms with E-state index in [-0.39, 0.29) is 0 Å². The summed E-state index contributed by atoms with van der Waals surface area (Å²) in [4.78, 5) is 0. The minimum Gasteiger partial charge on any atom is -0.311 e. The SMILES string of the molecule is CCCC1CC1NC1CCCC(C(C)C)C1. The van der Waals surface area contributed by atoms with Crippen molar-refractivity contribution in [2.24, 2.45) is 17.8 Å². The Bertz CT molecular complexity index is 211. The molecule has 1 heteroatoms. The largest absolute Gasteiger partial charge is 0.311 e. The van der Waals surface area contributed by atoms with Crippen LogP contribution in [0, 0.1) is 17.8 Å². The van der Waals surface area contributed by atoms with Gasteiger partial charge in [0, 0.05) is 12.1 Å². The van der Waals surface area contributed by atoms with Crippen LogP contribution in [0.1, 0.15) is 65.7 Å². The van der Waals surface area contributed by atoms with Crippen LogP contribution in [0.5, 0.6) is 0 Å². The Hall–Kier alpha value is -0.0400. The van der Waals surface area contributed by atoms with Crippen LogP contribution in [0.4, 0.5) is 0 Å². The molecule has 16 heavy (non-hydrogen) atoms. The summed E-state index contributed by atoms with van der Waals surface area (Å²) in [5.74, 6) is 2.88. The second kappa shape index (κ2) is 5.53. The van der Waals surface area contributed by atoms with Gasteiger partial charge in [-0.25, -0.2) is 0 Å². The van der Waals surface area contributed by atoms with Gasteiger partial charge in [-0.15, -0.1) is 0 Å². The molecule has 0 aromatic heterocycles. The quantitative estimate of drug-likeness (QED) is 0.743. The molecule has 0 aromatic carbocycles. The van der Waals surface area contributed by atoms with E-state index in [0.717, 1.165) is 29.8 Å². The Morgan fingerprint density at radius 2 is 2.00 bits per heavy atom. The summed E-state index contributed by atoms with van der Waals surface area (Å²) in [6, 6.07) is 1.73. The first kappa shape index (κ1) is 12.4. The predicted molar refractivity (Wildman–Crippen MR) is 70.5 cm³/mol. The van der Waals surface area contributed by atoms with E-state index in [2.05, 4.69) is 26.1 Å². The summed E-state index contributed by atoms with van der Waals surface area (Å²) in [6.07, 6.45) is 10.0. The third kappa shape index (κ3) is 3.23. The first-order valence-corrected chi connectivity index (χ1v) is 7.46. The fraction of sp³-hybridized carbons (Fsp3) is 1.00. The Morgan fingerprint density at radius 3 is 2.69 bits per heavy atom. The summed E-state index contributed by atoms with van der Waals surface area (Å²) < 4.78 is 0. The van der Waals surface area contributed by atoms with Crippen molar-refractivity contribution in [3.63, 3.8) is 0 Å². The highest BCUT2D eigenvalue weighted by molar-refractivity contribution is 4.95. The van der Waals surface area contributed by atoms with Crippen LogP contribution in [0.3, 0.4) is 0 Å². The molecule has 0 heterocycles. The van der Waals surface area contributed by atoms with Crippen molar-refractivity contribution in [3.05, 3.63) is 0 Å². The maximum atomic E-state index is 3.91. The summed E-state index contributed by atoms with van der Waals surface area (Å²) in [6.45, 7) is 7.10. The number of nitrogens with one attached hydrogen (secondary N) is 1. The Kier molecular flexibility index (Phi) is 4.29. The van der Waals surface area contributed by atoms with Crippen LogP contribution in [-0.4, -0.2) is 12.1 Å². The molecular formula is C15H29N. The van der Waals surface area contributed by atoms with Gasteiger partial charge in [-0.2, -0.15) is 0 Å². The molecule has 1 N–H and O–H groups in total. The van der Waals surface area contributed by atoms with Crippen molar-refractivity contribution in [3.8, 4) is 0 Å². The molecule has 0 saturated heterocycles. The molecule has 0 bridgehead atoms. The van der Waals surface area contributed by atoms with Crippen LogP contribution in [0.2, 0.25) is 0 Å². The van der Waals surface area contributed by atoms with Gasteiger partial charge in [-0.3, -0.25) is 0 Å². The van der Waals surface area contributed by atoms with Crippen molar-refractivity contribution < 1.29 is 0 Å². The van der Waals surface area contributed by atoms with Gasteiger partial charge in [-0.1, -0.05) is 40.0 Å². The predicted octanol–water partition coefficient (Wildman–Crippen LogP) is 3.98. The van der Waals surface area contributed by atoms with Crippen LogP contribution in [-0.2, 0) is 0 Å². The first-order valence-electron chi connectivity index (χ1n) is 7.46. The van der Waals surface area contributed by atoms with Gasteiger partial charge >= 0.3 is 0 Å². The van der Waals surface area contributed by atoms with Crippen molar-refractivity contribution in [1.82, 2.24) is 5.32 Å². The highest BCUT2D eigenvalue weighted by Gasteiger charge is 2.38. The van der Waals surface area contributed by atoms with Gasteiger partial charge < -0.3 is 5.32 Å². The monoisotopic (exact) mass is 223 g/mol. The lowest BCUT2D eigenvalue weighted by atomic mass is 9.79. The van der Waals surface area contributed by atoms with Crippen LogP contribution in [0.25, 0.3) is 0 Å². The fourth-order valence-corrected chi connectivity index (χ4v) is 3.43. The summed E-state index contributed by atoms with van der Waals surface area (Å²) in [5.41, 5.74) is 0. The minimum absolute atomic E-state index is 0.841. The average molecular weight is 223 g/mol. The molecule has 2 rings (SSSR count). The minimum atomic E-state index is 0.841. The Morgan fingerprint density at radius 1 is 1.19 bits per heavy atom. The Labute approximate surface area is 101 Å². The van der Waals surface area contributed by atoms with E-state index in [9.17, 15) is 0 Å². The van der Waals surface area contributed by atoms with Gasteiger partial charge in [0.25, 0.3) is 0 Å². The zero-order valence-corrected chi connectivity index (χ0v) is 11.3. The molecule has 2 aliphatic carbocycles. The molecule has 0 spiro atoms. The van der Waals surface area contributed by atoms with Crippen molar-refractivity contribution in [1.29, 1.82) is 0 Å². The molecule has 2 aliphatic rings. The molecule has 94 valence electrons. The Balaban J connectivity index is 1.70. The lowest BCUT2D eigenvalue weighted by Crippen LogP contribution is -2.37. The second-order valence-electron chi connectivity index (χ2n) is 6.43. The standard InChI is InChI=1S/C15H29N/c1-4-6-13-10-15(13)16-14-8-5-7-12(9-14)11(2)3/h11-16H,4-10H2,1-3H3. The van der Waals surface area contributed by atoms with Crippen molar-refractivity contribution >= 4 is 0 Å². The molecule has 0 radical (unpaired) electrons. The van der Waals surface area contributed by atoms with Crippen LogP contribution < -0.4 is 5.32 Å². The molecule has 2 saturated carbocycles. The van der Waals surface area contributed by atoms with Gasteiger partial charge in [0.15, 0.2) is 0 Å². The van der Waals surface area contributed by atoms with E-state index in [4.69, 9.17) is 0 Å². The molecule has 0 amide bonds. The van der Waals surface area contributed by atoms with Crippen molar-refractivity contribution in [2.75, 3.05) is 0 Å². The van der Waals surface area contributed by atoms with Gasteiger partial charge in [0.1, 0.15) is 0 Å². The van der Waals surface area contributed by atoms with Gasteiger partial charge in [0.2, 0.25) is 0 Å². The van der Waals surface area contributed by atoms with E-state index in [0.29, 0.717) is 0 Å². The molecule has 1 nitrogen and oxygen atoms in total. The topological polar surface area (TPSA) is 12.0 Å². The molecule has 2 fully saturated rings. The van der Waals surface area contributed by atoms with E-state index in [1.165, 1.54) is 44.9 Å². The van der Waals surface area contributed by atoms with Crippen LogP contribution in [0.15, 0.2) is 0 Å². The van der Waals surface area contributed by atoms with E-state index >= 15 is 0 Å². The second-order valence-corrected chi connectivity index (χ2v) is 6.43. The third-order valence-electron chi connectivity index (χ3n) is 4.69. The highest BCUT2D eigenvalue weighted by Crippen LogP contribution is 2.37. The smallest absolute Gasteiger partial charge is 0.0102 e. The molecule has 0 aliphatic heterocycles. The normalized spacial score (nSPS) is 39.0. The summed E-state index contributed by atoms with van der Waals surface area (Å²) in [7, 11) is 0. The lowest BCUT2D eigenvalue weighted by molar-refractivity contribution is 0.229. The lowest BCUT2D eigenvalue weighted by Gasteiger charge is -2.32. The van der Waals surface area contributed by atoms with E-state index in [1.54, 1.807) is 0 Å². The molecular weight excluding hydrogens is 194 g/mol. The zero-order valence-electron chi connectivity index (χ0n) is 11.3. The maximum Gasteiger partial charge on any atom is 0.0102 e. The van der Waals surface area contributed by atoms with Gasteiger partial charge in [0.05, 0.1) is 0 Å². The molecule has 4 atom stereocenters.